The van der Waals surface area contributed by atoms with Crippen molar-refractivity contribution in [2.75, 3.05) is 26.7 Å². The van der Waals surface area contributed by atoms with E-state index in [9.17, 15) is 0 Å². The molecule has 0 aromatic heterocycles. The van der Waals surface area contributed by atoms with Gasteiger partial charge in [-0.2, -0.15) is 0 Å². The number of hydrogen-bond acceptors (Lipinski definition) is 3. The van der Waals surface area contributed by atoms with Crippen molar-refractivity contribution in [2.24, 2.45) is 5.73 Å². The van der Waals surface area contributed by atoms with Gasteiger partial charge in [-0.25, -0.2) is 0 Å². The van der Waals surface area contributed by atoms with E-state index in [2.05, 4.69) is 36.1 Å². The van der Waals surface area contributed by atoms with Crippen molar-refractivity contribution >= 4 is 0 Å². The summed E-state index contributed by atoms with van der Waals surface area (Å²) in [4.78, 5) is 2.49. The highest BCUT2D eigenvalue weighted by Gasteiger charge is 2.19. The smallest absolute Gasteiger partial charge is 0.0698 e. The Morgan fingerprint density at radius 2 is 2.11 bits per heavy atom. The molecule has 1 aromatic rings. The Morgan fingerprint density at radius 3 is 2.74 bits per heavy atom. The number of methoxy groups -OCH3 is 1. The molecule has 1 saturated heterocycles. The lowest BCUT2D eigenvalue weighted by atomic mass is 9.99. The third-order valence-electron chi connectivity index (χ3n) is 4.10. The molecule has 2 unspecified atom stereocenters. The van der Waals surface area contributed by atoms with Gasteiger partial charge in [0.25, 0.3) is 0 Å². The summed E-state index contributed by atoms with van der Waals surface area (Å²) in [7, 11) is 1.82. The van der Waals surface area contributed by atoms with Gasteiger partial charge >= 0.3 is 0 Å². The van der Waals surface area contributed by atoms with Crippen LogP contribution in [0.2, 0.25) is 0 Å². The molecule has 0 aliphatic carbocycles. The largest absolute Gasteiger partial charge is 0.380 e. The van der Waals surface area contributed by atoms with Crippen LogP contribution in [0.3, 0.4) is 0 Å². The van der Waals surface area contributed by atoms with Crippen molar-refractivity contribution in [3.05, 3.63) is 35.4 Å². The molecule has 0 saturated carbocycles. The number of nitrogens with zero attached hydrogens (tertiary/aromatic N) is 1. The molecule has 1 fully saturated rings. The molecule has 0 amide bonds. The predicted molar refractivity (Wildman–Crippen MR) is 79.2 cm³/mol. The Labute approximate surface area is 116 Å². The van der Waals surface area contributed by atoms with Crippen LogP contribution in [0, 0.1) is 0 Å². The van der Waals surface area contributed by atoms with Crippen molar-refractivity contribution in [1.82, 2.24) is 4.90 Å². The van der Waals surface area contributed by atoms with E-state index >= 15 is 0 Å². The number of benzene rings is 1. The number of piperidine rings is 1. The minimum Gasteiger partial charge on any atom is -0.380 e. The van der Waals surface area contributed by atoms with E-state index in [-0.39, 0.29) is 0 Å². The van der Waals surface area contributed by atoms with Crippen molar-refractivity contribution in [1.29, 1.82) is 0 Å². The second-order valence-electron chi connectivity index (χ2n) is 5.61. The van der Waals surface area contributed by atoms with Gasteiger partial charge in [-0.1, -0.05) is 31.2 Å². The van der Waals surface area contributed by atoms with E-state index in [1.54, 1.807) is 0 Å². The average Bonchev–Trinajstić information content (AvgIpc) is 2.47. The normalized spacial score (nSPS) is 22.4. The fraction of sp³-hybridized carbons (Fsp3) is 0.625. The fourth-order valence-corrected chi connectivity index (χ4v) is 2.69. The molecule has 3 nitrogen and oxygen atoms in total. The summed E-state index contributed by atoms with van der Waals surface area (Å²) in [5.41, 5.74) is 8.41. The maximum absolute atomic E-state index is 5.70. The SMILES string of the molecule is COC1CCCN(Cc2ccc(C(C)CN)cc2)C1. The highest BCUT2D eigenvalue weighted by molar-refractivity contribution is 5.25. The Morgan fingerprint density at radius 1 is 1.37 bits per heavy atom. The van der Waals surface area contributed by atoms with E-state index in [0.29, 0.717) is 18.6 Å². The molecule has 0 bridgehead atoms. The molecule has 0 spiro atoms. The van der Waals surface area contributed by atoms with Crippen molar-refractivity contribution in [2.45, 2.75) is 38.3 Å². The average molecular weight is 262 g/mol. The standard InChI is InChI=1S/C16H26N2O/c1-13(10-17)15-7-5-14(6-8-15)11-18-9-3-4-16(12-18)19-2/h5-8,13,16H,3-4,9-12,17H2,1-2H3. The van der Waals surface area contributed by atoms with Gasteiger partial charge in [0.15, 0.2) is 0 Å². The zero-order valence-electron chi connectivity index (χ0n) is 12.1. The maximum atomic E-state index is 5.70. The first-order chi connectivity index (χ1) is 9.22. The van der Waals surface area contributed by atoms with Crippen LogP contribution in [0.15, 0.2) is 24.3 Å². The Hall–Kier alpha value is -0.900. The summed E-state index contributed by atoms with van der Waals surface area (Å²) in [5.74, 6) is 0.446. The monoisotopic (exact) mass is 262 g/mol. The van der Waals surface area contributed by atoms with Crippen molar-refractivity contribution < 1.29 is 4.74 Å². The Kier molecular flexibility index (Phi) is 5.37. The summed E-state index contributed by atoms with van der Waals surface area (Å²) in [6.45, 7) is 6.14. The van der Waals surface area contributed by atoms with Crippen LogP contribution in [0.5, 0.6) is 0 Å². The molecule has 1 heterocycles. The van der Waals surface area contributed by atoms with Crippen molar-refractivity contribution in [3.8, 4) is 0 Å². The number of hydrogen-bond donors (Lipinski definition) is 1. The molecule has 0 radical (unpaired) electrons. The molecule has 19 heavy (non-hydrogen) atoms. The van der Waals surface area contributed by atoms with Gasteiger partial charge in [-0.15, -0.1) is 0 Å². The van der Waals surface area contributed by atoms with Gasteiger partial charge in [0.05, 0.1) is 6.10 Å². The van der Waals surface area contributed by atoms with E-state index in [4.69, 9.17) is 10.5 Å². The van der Waals surface area contributed by atoms with Crippen LogP contribution < -0.4 is 5.73 Å². The second-order valence-corrected chi connectivity index (χ2v) is 5.61. The molecule has 2 atom stereocenters. The number of likely N-dealkylation sites (tertiary alicyclic amines) is 1. The van der Waals surface area contributed by atoms with Crippen molar-refractivity contribution in [3.63, 3.8) is 0 Å². The number of rotatable bonds is 5. The summed E-state index contributed by atoms with van der Waals surface area (Å²) in [6.07, 6.45) is 2.84. The highest BCUT2D eigenvalue weighted by atomic mass is 16.5. The Bertz CT molecular complexity index is 377. The lowest BCUT2D eigenvalue weighted by molar-refractivity contribution is 0.0285. The summed E-state index contributed by atoms with van der Waals surface area (Å²) in [6, 6.07) is 8.89. The first-order valence-electron chi connectivity index (χ1n) is 7.27. The van der Waals surface area contributed by atoms with Gasteiger partial charge in [0.1, 0.15) is 0 Å². The molecule has 1 aromatic carbocycles. The van der Waals surface area contributed by atoms with Crippen LogP contribution in [0.1, 0.15) is 36.8 Å². The molecule has 2 N–H and O–H groups in total. The van der Waals surface area contributed by atoms with Gasteiger partial charge in [-0.3, -0.25) is 4.90 Å². The topological polar surface area (TPSA) is 38.5 Å². The predicted octanol–water partition coefficient (Wildman–Crippen LogP) is 2.36. The van der Waals surface area contributed by atoms with E-state index in [1.807, 2.05) is 7.11 Å². The van der Waals surface area contributed by atoms with Gasteiger partial charge < -0.3 is 10.5 Å². The number of ether oxygens (including phenoxy) is 1. The van der Waals surface area contributed by atoms with E-state index in [0.717, 1.165) is 13.1 Å². The summed E-state index contributed by atoms with van der Waals surface area (Å²) >= 11 is 0. The van der Waals surface area contributed by atoms with E-state index < -0.39 is 0 Å². The molecule has 1 aliphatic rings. The van der Waals surface area contributed by atoms with E-state index in [1.165, 1.54) is 30.5 Å². The van der Waals surface area contributed by atoms with Crippen LogP contribution in [0.4, 0.5) is 0 Å². The van der Waals surface area contributed by atoms with Crippen LogP contribution in [-0.4, -0.2) is 37.7 Å². The molecular formula is C16H26N2O. The Balaban J connectivity index is 1.92. The maximum Gasteiger partial charge on any atom is 0.0698 e. The highest BCUT2D eigenvalue weighted by Crippen LogP contribution is 2.18. The lowest BCUT2D eigenvalue weighted by Crippen LogP contribution is -2.38. The minimum absolute atomic E-state index is 0.408. The zero-order chi connectivity index (χ0) is 13.7. The molecular weight excluding hydrogens is 236 g/mol. The lowest BCUT2D eigenvalue weighted by Gasteiger charge is -2.31. The van der Waals surface area contributed by atoms with Gasteiger partial charge in [0.2, 0.25) is 0 Å². The van der Waals surface area contributed by atoms with Gasteiger partial charge in [0, 0.05) is 20.2 Å². The minimum atomic E-state index is 0.408. The van der Waals surface area contributed by atoms with Crippen LogP contribution in [0.25, 0.3) is 0 Å². The third kappa shape index (κ3) is 4.03. The summed E-state index contributed by atoms with van der Waals surface area (Å²) in [5, 5.41) is 0. The van der Waals surface area contributed by atoms with Crippen LogP contribution in [-0.2, 0) is 11.3 Å². The fourth-order valence-electron chi connectivity index (χ4n) is 2.69. The van der Waals surface area contributed by atoms with Gasteiger partial charge in [-0.05, 0) is 43.0 Å². The van der Waals surface area contributed by atoms with Crippen LogP contribution >= 0.6 is 0 Å². The second kappa shape index (κ2) is 7.04. The molecule has 2 rings (SSSR count). The molecule has 3 heteroatoms. The first-order valence-corrected chi connectivity index (χ1v) is 7.27. The zero-order valence-corrected chi connectivity index (χ0v) is 12.1. The molecule has 1 aliphatic heterocycles. The molecule has 106 valence electrons. The summed E-state index contributed by atoms with van der Waals surface area (Å²) < 4.78 is 5.47. The third-order valence-corrected chi connectivity index (χ3v) is 4.10. The first kappa shape index (κ1) is 14.5. The quantitative estimate of drug-likeness (QED) is 0.885. The number of nitrogens with two attached hydrogens (primary N) is 1.